The van der Waals surface area contributed by atoms with Crippen LogP contribution in [0.4, 0.5) is 4.39 Å². The van der Waals surface area contributed by atoms with E-state index in [2.05, 4.69) is 0 Å². The van der Waals surface area contributed by atoms with Gasteiger partial charge in [-0.2, -0.15) is 29.6 Å². The molecular weight excluding hydrogens is 271 g/mol. The van der Waals surface area contributed by atoms with Crippen LogP contribution in [0.2, 0.25) is 0 Å². The molecule has 0 aliphatic rings. The van der Waals surface area contributed by atoms with Crippen molar-refractivity contribution in [3.63, 3.8) is 0 Å². The van der Waals surface area contributed by atoms with E-state index in [1.165, 1.54) is 0 Å². The monoisotopic (exact) mass is 274 g/mol. The Hall–Kier alpha value is -0.340. The Balaban J connectivity index is 6.41. The molecule has 0 bridgehead atoms. The molecule has 0 saturated heterocycles. The fraction of sp³-hybridized carbons (Fsp3) is 1.00. The Labute approximate surface area is 77.8 Å². The van der Waals surface area contributed by atoms with Crippen molar-refractivity contribution < 1.29 is 43.3 Å². The molecule has 0 heterocycles. The zero-order valence-corrected chi connectivity index (χ0v) is 8.34. The van der Waals surface area contributed by atoms with Crippen LogP contribution in [-0.4, -0.2) is 42.6 Å². The Bertz CT molecular complexity index is 440. The maximum absolute atomic E-state index is 12.8. The molecule has 9 nitrogen and oxygen atoms in total. The van der Waals surface area contributed by atoms with Gasteiger partial charge in [-0.25, -0.2) is 0 Å². The fourth-order valence-electron chi connectivity index (χ4n) is 0.399. The maximum Gasteiger partial charge on any atom is 0.479 e. The molecule has 0 unspecified atom stereocenters. The lowest BCUT2D eigenvalue weighted by Gasteiger charge is -2.14. The van der Waals surface area contributed by atoms with Crippen molar-refractivity contribution in [3.05, 3.63) is 0 Å². The summed E-state index contributed by atoms with van der Waals surface area (Å²) in [6, 6.07) is 0. The summed E-state index contributed by atoms with van der Waals surface area (Å²) in [5, 5.41) is 0. The van der Waals surface area contributed by atoms with Crippen LogP contribution in [0.15, 0.2) is 0 Å². The van der Waals surface area contributed by atoms with E-state index in [4.69, 9.17) is 13.7 Å². The van der Waals surface area contributed by atoms with Crippen molar-refractivity contribution in [2.75, 3.05) is 0 Å². The number of hydrogen-bond acceptors (Lipinski definition) is 6. The average molecular weight is 274 g/mol. The smallest absolute Gasteiger partial charge is 0.281 e. The second-order valence-corrected chi connectivity index (χ2v) is 7.22. The maximum atomic E-state index is 12.8. The summed E-state index contributed by atoms with van der Waals surface area (Å²) in [5.74, 6) is 0. The summed E-state index contributed by atoms with van der Waals surface area (Å²) < 4.78 is 91.3. The lowest BCUT2D eigenvalue weighted by molar-refractivity contribution is 0.338. The molecule has 0 aromatic rings. The molecule has 0 aliphatic carbocycles. The van der Waals surface area contributed by atoms with E-state index in [0.717, 1.165) is 0 Å². The third kappa shape index (κ3) is 1.86. The molecule has 0 aromatic carbocycles. The van der Waals surface area contributed by atoms with Crippen molar-refractivity contribution in [1.82, 2.24) is 0 Å². The van der Waals surface area contributed by atoms with Crippen molar-refractivity contribution in [2.45, 2.75) is 3.66 Å². The van der Waals surface area contributed by atoms with Crippen molar-refractivity contribution in [2.24, 2.45) is 0 Å². The van der Waals surface area contributed by atoms with Crippen LogP contribution in [0.1, 0.15) is 0 Å². The third-order valence-corrected chi connectivity index (χ3v) is 6.56. The van der Waals surface area contributed by atoms with E-state index in [0.29, 0.717) is 0 Å². The fourth-order valence-corrected chi connectivity index (χ4v) is 3.59. The molecule has 0 fully saturated rings. The second-order valence-electron chi connectivity index (χ2n) is 1.91. The summed E-state index contributed by atoms with van der Waals surface area (Å²) in [4.78, 5) is 0. The van der Waals surface area contributed by atoms with Gasteiger partial charge in [-0.15, -0.1) is 0 Å². The van der Waals surface area contributed by atoms with E-state index in [1.54, 1.807) is 0 Å². The van der Waals surface area contributed by atoms with E-state index in [9.17, 15) is 29.6 Å². The summed E-state index contributed by atoms with van der Waals surface area (Å²) in [7, 11) is -19.3. The molecule has 0 saturated carbocycles. The van der Waals surface area contributed by atoms with Gasteiger partial charge in [0.05, 0.1) is 0 Å². The first kappa shape index (κ1) is 13.7. The highest BCUT2D eigenvalue weighted by molar-refractivity contribution is 8.20. The highest BCUT2D eigenvalue weighted by Gasteiger charge is 2.67. The van der Waals surface area contributed by atoms with Gasteiger partial charge in [0, 0.05) is 0 Å². The number of halogens is 1. The van der Waals surface area contributed by atoms with Crippen LogP contribution in [0, 0.1) is 0 Å². The predicted octanol–water partition coefficient (Wildman–Crippen LogP) is -1.77. The minimum atomic E-state index is -6.42. The largest absolute Gasteiger partial charge is 0.479 e. The van der Waals surface area contributed by atoms with E-state index in [1.807, 2.05) is 0 Å². The van der Waals surface area contributed by atoms with Crippen molar-refractivity contribution >= 4 is 30.4 Å². The average Bonchev–Trinajstić information content (AvgIpc) is 1.77. The predicted molar refractivity (Wildman–Crippen MR) is 38.5 cm³/mol. The Kier molecular flexibility index (Phi) is 3.00. The van der Waals surface area contributed by atoms with Crippen LogP contribution in [0.25, 0.3) is 0 Å². The molecule has 0 radical (unpaired) electrons. The Morgan fingerprint density at radius 3 is 0.857 bits per heavy atom. The van der Waals surface area contributed by atoms with Gasteiger partial charge in [0.1, 0.15) is 0 Å². The van der Waals surface area contributed by atoms with Gasteiger partial charge in [-0.1, -0.05) is 0 Å². The minimum absolute atomic E-state index is 5.60. The molecule has 86 valence electrons. The standard InChI is InChI=1S/CH3FO9S3/c2-1(12(3,4)5,13(6,7)8)14(9,10)11/h(H,3,4,5)(H,6,7,8)(H,9,10,11). The van der Waals surface area contributed by atoms with Crippen LogP contribution in [-0.2, 0) is 30.4 Å². The van der Waals surface area contributed by atoms with E-state index in [-0.39, 0.29) is 0 Å². The van der Waals surface area contributed by atoms with Gasteiger partial charge in [0.15, 0.2) is 0 Å². The van der Waals surface area contributed by atoms with E-state index < -0.39 is 34.0 Å². The molecule has 3 N–H and O–H groups in total. The lowest BCUT2D eigenvalue weighted by atomic mass is 11.7. The molecule has 0 atom stereocenters. The van der Waals surface area contributed by atoms with Gasteiger partial charge >= 0.3 is 34.0 Å². The summed E-state index contributed by atoms with van der Waals surface area (Å²) in [6.45, 7) is 0. The van der Waals surface area contributed by atoms with Crippen LogP contribution >= 0.6 is 0 Å². The number of hydrogen-bond donors (Lipinski definition) is 3. The molecule has 0 amide bonds. The van der Waals surface area contributed by atoms with Gasteiger partial charge in [0.25, 0.3) is 0 Å². The highest BCUT2D eigenvalue weighted by Crippen LogP contribution is 2.30. The lowest BCUT2D eigenvalue weighted by Crippen LogP contribution is -2.48. The van der Waals surface area contributed by atoms with Gasteiger partial charge in [-0.05, 0) is 0 Å². The van der Waals surface area contributed by atoms with Gasteiger partial charge in [0.2, 0.25) is 0 Å². The quantitative estimate of drug-likeness (QED) is 0.505. The molecule has 0 spiro atoms. The normalized spacial score (nSPS) is 15.4. The number of alkyl halides is 1. The summed E-state index contributed by atoms with van der Waals surface area (Å²) in [5.41, 5.74) is 0. The SMILES string of the molecule is O=S(=O)(O)C(F)(S(=O)(=O)O)S(=O)(=O)O. The molecule has 0 aliphatic heterocycles. The highest BCUT2D eigenvalue weighted by atomic mass is 32.3. The summed E-state index contributed by atoms with van der Waals surface area (Å²) >= 11 is 0. The van der Waals surface area contributed by atoms with Gasteiger partial charge in [-0.3, -0.25) is 13.7 Å². The summed E-state index contributed by atoms with van der Waals surface area (Å²) in [6.07, 6.45) is 0. The Morgan fingerprint density at radius 2 is 0.857 bits per heavy atom. The first-order valence-electron chi connectivity index (χ1n) is 2.35. The topological polar surface area (TPSA) is 163 Å². The first-order chi connectivity index (χ1) is 5.75. The Morgan fingerprint density at radius 1 is 0.714 bits per heavy atom. The van der Waals surface area contributed by atoms with Crippen LogP contribution < -0.4 is 0 Å². The van der Waals surface area contributed by atoms with E-state index >= 15 is 0 Å². The van der Waals surface area contributed by atoms with Gasteiger partial charge < -0.3 is 0 Å². The molecule has 13 heteroatoms. The van der Waals surface area contributed by atoms with Crippen LogP contribution in [0.5, 0.6) is 0 Å². The zero-order valence-electron chi connectivity index (χ0n) is 5.89. The van der Waals surface area contributed by atoms with Crippen LogP contribution in [0.3, 0.4) is 0 Å². The second kappa shape index (κ2) is 3.07. The molecule has 0 aromatic heterocycles. The minimum Gasteiger partial charge on any atom is -0.281 e. The first-order valence-corrected chi connectivity index (χ1v) is 6.67. The van der Waals surface area contributed by atoms with Crippen molar-refractivity contribution in [3.8, 4) is 0 Å². The number of rotatable bonds is 3. The zero-order chi connectivity index (χ0) is 12.0. The van der Waals surface area contributed by atoms with Crippen molar-refractivity contribution in [1.29, 1.82) is 0 Å². The third-order valence-electron chi connectivity index (χ3n) is 0.924. The molecule has 14 heavy (non-hydrogen) atoms. The molecular formula is CH3FO9S3. The molecule has 0 rings (SSSR count).